The summed E-state index contributed by atoms with van der Waals surface area (Å²) in [4.78, 5) is 18.5. The van der Waals surface area contributed by atoms with E-state index in [2.05, 4.69) is 41.5 Å². The summed E-state index contributed by atoms with van der Waals surface area (Å²) in [5.41, 5.74) is 4.10. The van der Waals surface area contributed by atoms with Gasteiger partial charge in [-0.3, -0.25) is 4.79 Å². The van der Waals surface area contributed by atoms with Gasteiger partial charge in [-0.1, -0.05) is 67.9 Å². The average molecular weight is 521 g/mol. The predicted octanol–water partition coefficient (Wildman–Crippen LogP) is 6.24. The number of anilines is 1. The first-order valence-corrected chi connectivity index (χ1v) is 14.2. The Morgan fingerprint density at radius 1 is 0.917 bits per heavy atom. The van der Waals surface area contributed by atoms with Gasteiger partial charge in [0.2, 0.25) is 5.91 Å². The molecule has 6 nitrogen and oxygen atoms in total. The number of aromatic nitrogens is 1. The minimum Gasteiger partial charge on any atom is -0.497 e. The van der Waals surface area contributed by atoms with E-state index in [1.54, 1.807) is 12.1 Å². The van der Waals surface area contributed by atoms with Crippen LogP contribution in [0.5, 0.6) is 5.75 Å². The van der Waals surface area contributed by atoms with Gasteiger partial charge in [0, 0.05) is 16.9 Å². The third kappa shape index (κ3) is 6.19. The molecule has 0 aliphatic heterocycles. The molecule has 0 atom stereocenters. The maximum atomic E-state index is 12.6. The lowest BCUT2D eigenvalue weighted by atomic mass is 10.0. The van der Waals surface area contributed by atoms with Gasteiger partial charge in [-0.2, -0.15) is 0 Å². The van der Waals surface area contributed by atoms with Crippen molar-refractivity contribution in [2.75, 3.05) is 18.2 Å². The predicted molar refractivity (Wildman–Crippen MR) is 145 cm³/mol. The zero-order valence-electron chi connectivity index (χ0n) is 20.2. The van der Waals surface area contributed by atoms with Gasteiger partial charge in [0.15, 0.2) is 15.0 Å². The van der Waals surface area contributed by atoms with Gasteiger partial charge in [0.05, 0.1) is 23.5 Å². The minimum atomic E-state index is -3.59. The third-order valence-corrected chi connectivity index (χ3v) is 8.47. The molecule has 0 saturated carbocycles. The van der Waals surface area contributed by atoms with E-state index in [9.17, 15) is 13.2 Å². The molecule has 36 heavy (non-hydrogen) atoms. The van der Waals surface area contributed by atoms with Gasteiger partial charge >= 0.3 is 0 Å². The molecule has 0 unspecified atom stereocenters. The molecule has 0 aliphatic rings. The van der Waals surface area contributed by atoms with E-state index in [4.69, 9.17) is 4.74 Å². The largest absolute Gasteiger partial charge is 0.497 e. The number of methoxy groups -OCH3 is 1. The summed E-state index contributed by atoms with van der Waals surface area (Å²) in [6, 6.07) is 24.5. The van der Waals surface area contributed by atoms with Crippen molar-refractivity contribution in [1.29, 1.82) is 0 Å². The van der Waals surface area contributed by atoms with Crippen molar-refractivity contribution >= 4 is 32.2 Å². The van der Waals surface area contributed by atoms with E-state index in [0.717, 1.165) is 40.1 Å². The van der Waals surface area contributed by atoms with Crippen LogP contribution in [0, 0.1) is 0 Å². The van der Waals surface area contributed by atoms with E-state index in [0.29, 0.717) is 10.9 Å². The molecule has 0 spiro atoms. The van der Waals surface area contributed by atoms with Crippen molar-refractivity contribution in [2.45, 2.75) is 31.1 Å². The van der Waals surface area contributed by atoms with E-state index in [-0.39, 0.29) is 23.0 Å². The molecule has 4 rings (SSSR count). The standard InChI is InChI=1S/C28H28N2O4S2/c1-3-7-25-27(22-12-10-21(11-13-22)20-8-5-4-6-9-20)30-28(35-25)29-26(31)18-19-36(32,33)24-16-14-23(34-2)15-17-24/h4-6,8-17H,3,7,18-19H2,1-2H3,(H,29,30,31). The Bertz CT molecular complexity index is 1410. The summed E-state index contributed by atoms with van der Waals surface area (Å²) in [7, 11) is -2.07. The van der Waals surface area contributed by atoms with E-state index in [1.807, 2.05) is 30.3 Å². The quantitative estimate of drug-likeness (QED) is 0.267. The van der Waals surface area contributed by atoms with Crippen LogP contribution in [0.2, 0.25) is 0 Å². The fourth-order valence-electron chi connectivity index (χ4n) is 3.79. The second-order valence-electron chi connectivity index (χ2n) is 8.28. The summed E-state index contributed by atoms with van der Waals surface area (Å²) >= 11 is 1.44. The van der Waals surface area contributed by atoms with Crippen LogP contribution in [-0.2, 0) is 21.1 Å². The Hall–Kier alpha value is -3.49. The Morgan fingerprint density at radius 2 is 1.56 bits per heavy atom. The van der Waals surface area contributed by atoms with E-state index < -0.39 is 9.84 Å². The van der Waals surface area contributed by atoms with Crippen LogP contribution in [0.15, 0.2) is 83.8 Å². The fraction of sp³-hybridized carbons (Fsp3) is 0.214. The molecule has 0 bridgehead atoms. The molecule has 3 aromatic carbocycles. The monoisotopic (exact) mass is 520 g/mol. The van der Waals surface area contributed by atoms with Crippen molar-refractivity contribution in [3.63, 3.8) is 0 Å². The zero-order chi connectivity index (χ0) is 25.5. The second kappa shape index (κ2) is 11.5. The number of hydrogen-bond acceptors (Lipinski definition) is 6. The highest BCUT2D eigenvalue weighted by atomic mass is 32.2. The molecule has 0 saturated heterocycles. The topological polar surface area (TPSA) is 85.4 Å². The first-order valence-electron chi connectivity index (χ1n) is 11.7. The number of amides is 1. The summed E-state index contributed by atoms with van der Waals surface area (Å²) < 4.78 is 30.3. The highest BCUT2D eigenvalue weighted by Crippen LogP contribution is 2.33. The van der Waals surface area contributed by atoms with Crippen LogP contribution in [0.4, 0.5) is 5.13 Å². The number of hydrogen-bond donors (Lipinski definition) is 1. The summed E-state index contributed by atoms with van der Waals surface area (Å²) in [6.45, 7) is 2.10. The minimum absolute atomic E-state index is 0.155. The molecular formula is C28H28N2O4S2. The second-order valence-corrected chi connectivity index (χ2v) is 11.5. The zero-order valence-corrected chi connectivity index (χ0v) is 21.9. The molecule has 1 heterocycles. The van der Waals surface area contributed by atoms with Crippen LogP contribution >= 0.6 is 11.3 Å². The first kappa shape index (κ1) is 25.6. The number of benzene rings is 3. The lowest BCUT2D eigenvalue weighted by Gasteiger charge is -2.06. The highest BCUT2D eigenvalue weighted by molar-refractivity contribution is 7.91. The molecule has 8 heteroatoms. The number of nitrogens with one attached hydrogen (secondary N) is 1. The molecular weight excluding hydrogens is 492 g/mol. The van der Waals surface area contributed by atoms with Crippen LogP contribution < -0.4 is 10.1 Å². The SMILES string of the molecule is CCCc1sc(NC(=O)CCS(=O)(=O)c2ccc(OC)cc2)nc1-c1ccc(-c2ccccc2)cc1. The molecule has 1 amide bonds. The maximum absolute atomic E-state index is 12.6. The summed E-state index contributed by atoms with van der Waals surface area (Å²) in [6.07, 6.45) is 1.64. The number of nitrogens with zero attached hydrogens (tertiary/aromatic N) is 1. The van der Waals surface area contributed by atoms with Crippen LogP contribution in [0.1, 0.15) is 24.6 Å². The molecule has 1 aromatic heterocycles. The normalized spacial score (nSPS) is 11.3. The average Bonchev–Trinajstić information content (AvgIpc) is 3.30. The lowest BCUT2D eigenvalue weighted by molar-refractivity contribution is -0.115. The maximum Gasteiger partial charge on any atom is 0.227 e. The number of ether oxygens (including phenoxy) is 1. The summed E-state index contributed by atoms with van der Waals surface area (Å²) in [5.74, 6) is -0.0923. The van der Waals surface area contributed by atoms with Crippen molar-refractivity contribution in [1.82, 2.24) is 4.98 Å². The number of carbonyl (C=O) groups excluding carboxylic acids is 1. The fourth-order valence-corrected chi connectivity index (χ4v) is 6.13. The number of carbonyl (C=O) groups is 1. The Balaban J connectivity index is 1.45. The van der Waals surface area contributed by atoms with Crippen LogP contribution in [0.25, 0.3) is 22.4 Å². The Kier molecular flexibility index (Phi) is 8.18. The molecule has 1 N–H and O–H groups in total. The van der Waals surface area contributed by atoms with Crippen molar-refractivity contribution in [3.8, 4) is 28.1 Å². The Labute approximate surface area is 215 Å². The van der Waals surface area contributed by atoms with Gasteiger partial charge in [0.25, 0.3) is 0 Å². The molecule has 0 radical (unpaired) electrons. The molecule has 0 fully saturated rings. The van der Waals surface area contributed by atoms with E-state index >= 15 is 0 Å². The van der Waals surface area contributed by atoms with Crippen molar-refractivity contribution in [2.24, 2.45) is 0 Å². The summed E-state index contributed by atoms with van der Waals surface area (Å²) in [5, 5.41) is 3.27. The first-order chi connectivity index (χ1) is 17.4. The van der Waals surface area contributed by atoms with Gasteiger partial charge in [-0.05, 0) is 41.8 Å². The number of thiazole rings is 1. The van der Waals surface area contributed by atoms with Crippen molar-refractivity contribution in [3.05, 3.63) is 83.7 Å². The van der Waals surface area contributed by atoms with Gasteiger partial charge in [0.1, 0.15) is 5.75 Å². The third-order valence-electron chi connectivity index (χ3n) is 5.70. The Morgan fingerprint density at radius 3 is 2.19 bits per heavy atom. The molecule has 0 aliphatic carbocycles. The van der Waals surface area contributed by atoms with Gasteiger partial charge in [-0.15, -0.1) is 11.3 Å². The number of rotatable bonds is 10. The van der Waals surface area contributed by atoms with E-state index in [1.165, 1.54) is 30.6 Å². The molecule has 186 valence electrons. The van der Waals surface area contributed by atoms with Gasteiger partial charge < -0.3 is 10.1 Å². The van der Waals surface area contributed by atoms with Crippen LogP contribution in [0.3, 0.4) is 0 Å². The highest BCUT2D eigenvalue weighted by Gasteiger charge is 2.19. The number of sulfone groups is 1. The lowest BCUT2D eigenvalue weighted by Crippen LogP contribution is -2.17. The molecule has 4 aromatic rings. The van der Waals surface area contributed by atoms with Crippen molar-refractivity contribution < 1.29 is 17.9 Å². The number of aryl methyl sites for hydroxylation is 1. The van der Waals surface area contributed by atoms with Gasteiger partial charge in [-0.25, -0.2) is 13.4 Å². The van der Waals surface area contributed by atoms with Crippen LogP contribution in [-0.4, -0.2) is 32.2 Å². The smallest absolute Gasteiger partial charge is 0.227 e.